The first-order valence-electron chi connectivity index (χ1n) is 5.42. The highest BCUT2D eigenvalue weighted by molar-refractivity contribution is 5.94. The summed E-state index contributed by atoms with van der Waals surface area (Å²) in [6.45, 7) is 3.30. The molecule has 2 rings (SSSR count). The van der Waals surface area contributed by atoms with Crippen LogP contribution in [0.15, 0.2) is 29.1 Å². The lowest BCUT2D eigenvalue weighted by atomic mass is 10.1. The number of carbonyl (C=O) groups excluding carboxylic acids is 1. The second kappa shape index (κ2) is 4.95. The van der Waals surface area contributed by atoms with E-state index in [2.05, 4.69) is 20.0 Å². The van der Waals surface area contributed by atoms with Crippen LogP contribution in [0, 0.1) is 12.7 Å². The van der Waals surface area contributed by atoms with E-state index < -0.39 is 17.8 Å². The van der Waals surface area contributed by atoms with Crippen LogP contribution in [0.1, 0.15) is 34.7 Å². The number of carbonyl (C=O) groups is 1. The van der Waals surface area contributed by atoms with Crippen LogP contribution < -0.4 is 5.32 Å². The number of nitrogens with zero attached hydrogens (tertiary/aromatic N) is 2. The summed E-state index contributed by atoms with van der Waals surface area (Å²) in [5, 5.41) is 6.21. The Labute approximate surface area is 103 Å². The number of aromatic nitrogens is 2. The molecular weight excluding hydrogens is 237 g/mol. The number of benzene rings is 1. The molecule has 0 bridgehead atoms. The summed E-state index contributed by atoms with van der Waals surface area (Å²) in [6, 6.07) is 4.22. The molecule has 5 nitrogen and oxygen atoms in total. The van der Waals surface area contributed by atoms with Crippen molar-refractivity contribution in [1.82, 2.24) is 15.5 Å². The molecule has 1 heterocycles. The maximum absolute atomic E-state index is 13.7. The van der Waals surface area contributed by atoms with E-state index >= 15 is 0 Å². The van der Waals surface area contributed by atoms with Crippen molar-refractivity contribution in [1.29, 1.82) is 0 Å². The van der Waals surface area contributed by atoms with Crippen LogP contribution in [-0.2, 0) is 0 Å². The predicted molar refractivity (Wildman–Crippen MR) is 61.3 cm³/mol. The third-order valence-corrected chi connectivity index (χ3v) is 2.55. The highest BCUT2D eigenvalue weighted by atomic mass is 19.1. The fourth-order valence-corrected chi connectivity index (χ4v) is 1.53. The Bertz CT molecular complexity index is 554. The van der Waals surface area contributed by atoms with Crippen LogP contribution in [0.3, 0.4) is 0 Å². The van der Waals surface area contributed by atoms with Gasteiger partial charge in [-0.3, -0.25) is 4.79 Å². The molecule has 0 saturated carbocycles. The van der Waals surface area contributed by atoms with Crippen molar-refractivity contribution < 1.29 is 13.7 Å². The van der Waals surface area contributed by atoms with Crippen molar-refractivity contribution in [2.75, 3.05) is 0 Å². The van der Waals surface area contributed by atoms with Gasteiger partial charge in [0.2, 0.25) is 6.39 Å². The zero-order chi connectivity index (χ0) is 13.1. The zero-order valence-electron chi connectivity index (χ0n) is 9.98. The number of hydrogen-bond acceptors (Lipinski definition) is 4. The maximum Gasteiger partial charge on any atom is 0.254 e. The van der Waals surface area contributed by atoms with Gasteiger partial charge in [0, 0.05) is 0 Å². The molecule has 0 spiro atoms. The van der Waals surface area contributed by atoms with Gasteiger partial charge in [-0.15, -0.1) is 0 Å². The zero-order valence-corrected chi connectivity index (χ0v) is 9.98. The van der Waals surface area contributed by atoms with Crippen molar-refractivity contribution in [2.24, 2.45) is 0 Å². The first-order chi connectivity index (χ1) is 8.59. The number of rotatable bonds is 3. The van der Waals surface area contributed by atoms with E-state index in [-0.39, 0.29) is 5.56 Å². The second-order valence-electron chi connectivity index (χ2n) is 3.92. The van der Waals surface area contributed by atoms with Crippen molar-refractivity contribution in [3.63, 3.8) is 0 Å². The summed E-state index contributed by atoms with van der Waals surface area (Å²) in [6.07, 6.45) is 1.17. The standard InChI is InChI=1S/C12H12FN3O2/c1-7-4-3-5-9(10(7)13)12(17)15-8(2)11-14-6-18-16-11/h3-6,8H,1-2H3,(H,15,17)/t8-/m0/s1. The number of amides is 1. The predicted octanol–water partition coefficient (Wildman–Crippen LogP) is 2.01. The average molecular weight is 249 g/mol. The van der Waals surface area contributed by atoms with E-state index in [1.807, 2.05) is 0 Å². The van der Waals surface area contributed by atoms with Crippen molar-refractivity contribution >= 4 is 5.91 Å². The molecule has 18 heavy (non-hydrogen) atoms. The highest BCUT2D eigenvalue weighted by Crippen LogP contribution is 2.13. The van der Waals surface area contributed by atoms with Gasteiger partial charge in [-0.25, -0.2) is 4.39 Å². The van der Waals surface area contributed by atoms with Gasteiger partial charge in [-0.2, -0.15) is 4.98 Å². The Morgan fingerprint density at radius 3 is 2.94 bits per heavy atom. The van der Waals surface area contributed by atoms with Gasteiger partial charge in [0.25, 0.3) is 5.91 Å². The van der Waals surface area contributed by atoms with Gasteiger partial charge in [0.1, 0.15) is 5.82 Å². The molecule has 6 heteroatoms. The maximum atomic E-state index is 13.7. The van der Waals surface area contributed by atoms with E-state index in [9.17, 15) is 9.18 Å². The first-order valence-corrected chi connectivity index (χ1v) is 5.42. The van der Waals surface area contributed by atoms with E-state index in [0.717, 1.165) is 0 Å². The molecule has 2 aromatic rings. The number of aryl methyl sites for hydroxylation is 1. The van der Waals surface area contributed by atoms with E-state index in [4.69, 9.17) is 0 Å². The Morgan fingerprint density at radius 1 is 1.50 bits per heavy atom. The smallest absolute Gasteiger partial charge is 0.254 e. The number of nitrogens with one attached hydrogen (secondary N) is 1. The highest BCUT2D eigenvalue weighted by Gasteiger charge is 2.18. The molecule has 0 fully saturated rings. The SMILES string of the molecule is Cc1cccc(C(=O)N[C@@H](C)c2ncon2)c1F. The normalized spacial score (nSPS) is 12.2. The lowest BCUT2D eigenvalue weighted by Crippen LogP contribution is -2.28. The molecule has 0 aliphatic rings. The third kappa shape index (κ3) is 2.37. The summed E-state index contributed by atoms with van der Waals surface area (Å²) in [5.41, 5.74) is 0.431. The summed E-state index contributed by atoms with van der Waals surface area (Å²) in [5.74, 6) is -0.680. The van der Waals surface area contributed by atoms with Gasteiger partial charge >= 0.3 is 0 Å². The van der Waals surface area contributed by atoms with Crippen molar-refractivity contribution in [3.05, 3.63) is 47.4 Å². The van der Waals surface area contributed by atoms with Gasteiger partial charge in [-0.05, 0) is 25.5 Å². The summed E-state index contributed by atoms with van der Waals surface area (Å²) >= 11 is 0. The molecule has 1 aromatic heterocycles. The Morgan fingerprint density at radius 2 is 2.28 bits per heavy atom. The first kappa shape index (κ1) is 12.2. The van der Waals surface area contributed by atoms with Crippen LogP contribution in [0.5, 0.6) is 0 Å². The van der Waals surface area contributed by atoms with E-state index in [1.54, 1.807) is 26.0 Å². The largest absolute Gasteiger partial charge is 0.343 e. The van der Waals surface area contributed by atoms with Gasteiger partial charge in [0.05, 0.1) is 11.6 Å². The Balaban J connectivity index is 2.15. The summed E-state index contributed by atoms with van der Waals surface area (Å²) < 4.78 is 18.3. The van der Waals surface area contributed by atoms with Crippen LogP contribution in [0.2, 0.25) is 0 Å². The Hall–Kier alpha value is -2.24. The molecule has 1 atom stereocenters. The topological polar surface area (TPSA) is 68.0 Å². The van der Waals surface area contributed by atoms with Crippen LogP contribution in [-0.4, -0.2) is 16.0 Å². The van der Waals surface area contributed by atoms with Crippen LogP contribution >= 0.6 is 0 Å². The lowest BCUT2D eigenvalue weighted by Gasteiger charge is -2.11. The molecular formula is C12H12FN3O2. The molecule has 0 aliphatic heterocycles. The van der Waals surface area contributed by atoms with E-state index in [1.165, 1.54) is 12.5 Å². The van der Waals surface area contributed by atoms with Crippen LogP contribution in [0.25, 0.3) is 0 Å². The minimum Gasteiger partial charge on any atom is -0.343 e. The fourth-order valence-electron chi connectivity index (χ4n) is 1.53. The summed E-state index contributed by atoms with van der Waals surface area (Å²) in [4.78, 5) is 15.7. The van der Waals surface area contributed by atoms with Gasteiger partial charge in [0.15, 0.2) is 5.82 Å². The quantitative estimate of drug-likeness (QED) is 0.903. The molecule has 0 unspecified atom stereocenters. The number of hydrogen-bond donors (Lipinski definition) is 1. The third-order valence-electron chi connectivity index (χ3n) is 2.55. The Kier molecular flexibility index (Phi) is 3.36. The van der Waals surface area contributed by atoms with Crippen LogP contribution in [0.4, 0.5) is 4.39 Å². The molecule has 1 N–H and O–H groups in total. The minimum atomic E-state index is -0.518. The van der Waals surface area contributed by atoms with Gasteiger partial charge < -0.3 is 9.84 Å². The molecule has 94 valence electrons. The van der Waals surface area contributed by atoms with Gasteiger partial charge in [-0.1, -0.05) is 17.3 Å². The molecule has 0 radical (unpaired) electrons. The fraction of sp³-hybridized carbons (Fsp3) is 0.250. The lowest BCUT2D eigenvalue weighted by molar-refractivity contribution is 0.0933. The van der Waals surface area contributed by atoms with E-state index in [0.29, 0.717) is 11.4 Å². The second-order valence-corrected chi connectivity index (χ2v) is 3.92. The minimum absolute atomic E-state index is 0.00495. The summed E-state index contributed by atoms with van der Waals surface area (Å²) in [7, 11) is 0. The molecule has 0 saturated heterocycles. The molecule has 0 aliphatic carbocycles. The average Bonchev–Trinajstić information content (AvgIpc) is 2.86. The molecule has 1 amide bonds. The monoisotopic (exact) mass is 249 g/mol. The van der Waals surface area contributed by atoms with Crippen molar-refractivity contribution in [2.45, 2.75) is 19.9 Å². The molecule has 1 aromatic carbocycles. The number of halogens is 1. The van der Waals surface area contributed by atoms with Crippen molar-refractivity contribution in [3.8, 4) is 0 Å².